The Morgan fingerprint density at radius 3 is 2.50 bits per heavy atom. The molecule has 3 rings (SSSR count). The van der Waals surface area contributed by atoms with E-state index in [0.717, 1.165) is 39.0 Å². The molecule has 0 bridgehead atoms. The number of nitrogens with two attached hydrogens (primary N) is 1. The molecule has 3 aliphatic rings. The van der Waals surface area contributed by atoms with Crippen LogP contribution < -0.4 is 11.1 Å². The van der Waals surface area contributed by atoms with E-state index in [0.29, 0.717) is 23.8 Å². The van der Waals surface area contributed by atoms with E-state index in [4.69, 9.17) is 5.73 Å². The number of likely N-dealkylation sites (tertiary alicyclic amines) is 1. The zero-order valence-corrected chi connectivity index (χ0v) is 12.6. The number of hydrogen-bond donors (Lipinski definition) is 2. The molecule has 2 saturated heterocycles. The molecule has 4 heteroatoms. The second kappa shape index (κ2) is 6.02. The van der Waals surface area contributed by atoms with Gasteiger partial charge in [-0.25, -0.2) is 0 Å². The highest BCUT2D eigenvalue weighted by Crippen LogP contribution is 2.41. The van der Waals surface area contributed by atoms with Crippen LogP contribution in [0, 0.1) is 17.3 Å². The van der Waals surface area contributed by atoms with Crippen molar-refractivity contribution < 1.29 is 4.79 Å². The number of carbonyl (C=O) groups excluding carboxylic acids is 1. The maximum absolute atomic E-state index is 12.7. The van der Waals surface area contributed by atoms with Crippen molar-refractivity contribution in [1.29, 1.82) is 0 Å². The second-order valence-corrected chi connectivity index (χ2v) is 7.11. The lowest BCUT2D eigenvalue weighted by Gasteiger charge is -2.45. The van der Waals surface area contributed by atoms with E-state index in [9.17, 15) is 4.79 Å². The molecule has 0 aromatic rings. The molecule has 1 saturated carbocycles. The number of piperidine rings is 2. The molecule has 0 aromatic carbocycles. The molecular weight excluding hydrogens is 250 g/mol. The first-order chi connectivity index (χ1) is 9.74. The summed E-state index contributed by atoms with van der Waals surface area (Å²) in [4.78, 5) is 14.8. The van der Waals surface area contributed by atoms with Gasteiger partial charge in [-0.3, -0.25) is 4.79 Å². The lowest BCUT2D eigenvalue weighted by Crippen LogP contribution is -2.49. The standard InChI is InChI=1S/C16H29N3O/c17-12-13-2-1-3-14(13)15(20)19-10-6-16(7-11-19)4-8-18-9-5-16/h13-14,18H,1-12,17H2/t13-,14-/m1/s1. The van der Waals surface area contributed by atoms with Gasteiger partial charge >= 0.3 is 0 Å². The molecule has 20 heavy (non-hydrogen) atoms. The molecule has 2 aliphatic heterocycles. The summed E-state index contributed by atoms with van der Waals surface area (Å²) in [6, 6.07) is 0. The van der Waals surface area contributed by atoms with Crippen molar-refractivity contribution >= 4 is 5.91 Å². The minimum Gasteiger partial charge on any atom is -0.342 e. The zero-order chi connectivity index (χ0) is 14.0. The van der Waals surface area contributed by atoms with Gasteiger partial charge in [0.25, 0.3) is 0 Å². The van der Waals surface area contributed by atoms with Crippen LogP contribution >= 0.6 is 0 Å². The van der Waals surface area contributed by atoms with E-state index in [1.165, 1.54) is 32.1 Å². The molecule has 3 N–H and O–H groups in total. The summed E-state index contributed by atoms with van der Waals surface area (Å²) in [7, 11) is 0. The van der Waals surface area contributed by atoms with Crippen LogP contribution in [0.2, 0.25) is 0 Å². The Morgan fingerprint density at radius 1 is 1.15 bits per heavy atom. The third kappa shape index (κ3) is 2.73. The van der Waals surface area contributed by atoms with E-state index in [1.807, 2.05) is 0 Å². The Bertz CT molecular complexity index is 342. The van der Waals surface area contributed by atoms with Gasteiger partial charge in [-0.15, -0.1) is 0 Å². The first-order valence-electron chi connectivity index (χ1n) is 8.44. The fraction of sp³-hybridized carbons (Fsp3) is 0.938. The lowest BCUT2D eigenvalue weighted by molar-refractivity contribution is -0.139. The van der Waals surface area contributed by atoms with E-state index < -0.39 is 0 Å². The number of carbonyl (C=O) groups is 1. The van der Waals surface area contributed by atoms with E-state index in [1.54, 1.807) is 0 Å². The number of rotatable bonds is 2. The van der Waals surface area contributed by atoms with Crippen molar-refractivity contribution in [2.75, 3.05) is 32.7 Å². The minimum atomic E-state index is 0.224. The number of nitrogens with one attached hydrogen (secondary N) is 1. The number of hydrogen-bond acceptors (Lipinski definition) is 3. The first kappa shape index (κ1) is 14.3. The van der Waals surface area contributed by atoms with Crippen LogP contribution in [-0.4, -0.2) is 43.5 Å². The number of nitrogens with zero attached hydrogens (tertiary/aromatic N) is 1. The quantitative estimate of drug-likeness (QED) is 0.802. The molecule has 4 nitrogen and oxygen atoms in total. The van der Waals surface area contributed by atoms with Gasteiger partial charge < -0.3 is 16.0 Å². The molecule has 2 heterocycles. The normalized spacial score (nSPS) is 33.5. The summed E-state index contributed by atoms with van der Waals surface area (Å²) in [5, 5.41) is 3.45. The molecule has 1 spiro atoms. The molecule has 3 fully saturated rings. The third-order valence-corrected chi connectivity index (χ3v) is 6.08. The largest absolute Gasteiger partial charge is 0.342 e. The van der Waals surface area contributed by atoms with Crippen molar-refractivity contribution in [3.63, 3.8) is 0 Å². The van der Waals surface area contributed by atoms with E-state index in [2.05, 4.69) is 10.2 Å². The van der Waals surface area contributed by atoms with Gasteiger partial charge in [-0.1, -0.05) is 6.42 Å². The summed E-state index contributed by atoms with van der Waals surface area (Å²) in [6.45, 7) is 4.96. The Hall–Kier alpha value is -0.610. The van der Waals surface area contributed by atoms with Crippen LogP contribution in [0.4, 0.5) is 0 Å². The highest BCUT2D eigenvalue weighted by Gasteiger charge is 2.40. The smallest absolute Gasteiger partial charge is 0.226 e. The molecule has 2 atom stereocenters. The van der Waals surface area contributed by atoms with E-state index in [-0.39, 0.29) is 5.92 Å². The molecule has 0 aromatic heterocycles. The van der Waals surface area contributed by atoms with Crippen LogP contribution in [-0.2, 0) is 4.79 Å². The molecule has 114 valence electrons. The maximum Gasteiger partial charge on any atom is 0.226 e. The molecule has 0 unspecified atom stereocenters. The van der Waals surface area contributed by atoms with Gasteiger partial charge in [0.2, 0.25) is 5.91 Å². The highest BCUT2D eigenvalue weighted by molar-refractivity contribution is 5.79. The average Bonchev–Trinajstić information content (AvgIpc) is 2.97. The maximum atomic E-state index is 12.7. The third-order valence-electron chi connectivity index (χ3n) is 6.08. The van der Waals surface area contributed by atoms with E-state index >= 15 is 0 Å². The SMILES string of the molecule is NC[C@H]1CCC[C@H]1C(=O)N1CCC2(CCNCC2)CC1. The highest BCUT2D eigenvalue weighted by atomic mass is 16.2. The van der Waals surface area contributed by atoms with Gasteiger partial charge in [0, 0.05) is 19.0 Å². The zero-order valence-electron chi connectivity index (χ0n) is 12.6. The fourth-order valence-electron chi connectivity index (χ4n) is 4.54. The molecular formula is C16H29N3O. The lowest BCUT2D eigenvalue weighted by atomic mass is 9.71. The predicted octanol–water partition coefficient (Wildman–Crippen LogP) is 1.35. The number of amides is 1. The summed E-state index contributed by atoms with van der Waals surface area (Å²) in [5.41, 5.74) is 6.36. The van der Waals surface area contributed by atoms with Crippen LogP contribution in [0.1, 0.15) is 44.9 Å². The summed E-state index contributed by atoms with van der Waals surface area (Å²) in [6.07, 6.45) is 8.40. The Balaban J connectivity index is 1.56. The van der Waals surface area contributed by atoms with Gasteiger partial charge in [0.1, 0.15) is 0 Å². The predicted molar refractivity (Wildman–Crippen MR) is 80.2 cm³/mol. The van der Waals surface area contributed by atoms with Gasteiger partial charge in [-0.2, -0.15) is 0 Å². The molecule has 1 aliphatic carbocycles. The van der Waals surface area contributed by atoms with Crippen molar-refractivity contribution in [2.24, 2.45) is 23.0 Å². The second-order valence-electron chi connectivity index (χ2n) is 7.11. The van der Waals surface area contributed by atoms with Crippen molar-refractivity contribution in [1.82, 2.24) is 10.2 Å². The summed E-state index contributed by atoms with van der Waals surface area (Å²) in [5.74, 6) is 1.07. The fourth-order valence-corrected chi connectivity index (χ4v) is 4.54. The van der Waals surface area contributed by atoms with Crippen molar-refractivity contribution in [3.8, 4) is 0 Å². The topological polar surface area (TPSA) is 58.4 Å². The van der Waals surface area contributed by atoms with Crippen molar-refractivity contribution in [2.45, 2.75) is 44.9 Å². The Labute approximate surface area is 122 Å². The van der Waals surface area contributed by atoms with Gasteiger partial charge in [0.05, 0.1) is 0 Å². The van der Waals surface area contributed by atoms with Crippen LogP contribution in [0.5, 0.6) is 0 Å². The molecule has 1 amide bonds. The van der Waals surface area contributed by atoms with Crippen LogP contribution in [0.25, 0.3) is 0 Å². The minimum absolute atomic E-state index is 0.224. The Kier molecular flexibility index (Phi) is 4.32. The van der Waals surface area contributed by atoms with Gasteiger partial charge in [0.15, 0.2) is 0 Å². The van der Waals surface area contributed by atoms with Gasteiger partial charge in [-0.05, 0) is 69.5 Å². The first-order valence-corrected chi connectivity index (χ1v) is 8.44. The van der Waals surface area contributed by atoms with Crippen LogP contribution in [0.3, 0.4) is 0 Å². The summed E-state index contributed by atoms with van der Waals surface area (Å²) >= 11 is 0. The van der Waals surface area contributed by atoms with Crippen molar-refractivity contribution in [3.05, 3.63) is 0 Å². The molecule has 0 radical (unpaired) electrons. The average molecular weight is 279 g/mol. The monoisotopic (exact) mass is 279 g/mol. The summed E-state index contributed by atoms with van der Waals surface area (Å²) < 4.78 is 0. The Morgan fingerprint density at radius 2 is 1.85 bits per heavy atom. The van der Waals surface area contributed by atoms with Crippen LogP contribution in [0.15, 0.2) is 0 Å².